The van der Waals surface area contributed by atoms with Gasteiger partial charge in [-0.1, -0.05) is 35.7 Å². The maximum atomic E-state index is 13.1. The second-order valence-electron chi connectivity index (χ2n) is 9.85. The second kappa shape index (κ2) is 9.95. The number of carbonyl (C=O) groups is 1. The van der Waals surface area contributed by atoms with E-state index in [0.717, 1.165) is 56.5 Å². The summed E-state index contributed by atoms with van der Waals surface area (Å²) in [6.45, 7) is 2.98. The fourth-order valence-corrected chi connectivity index (χ4v) is 7.82. The molecule has 1 aliphatic carbocycles. The van der Waals surface area contributed by atoms with Crippen molar-refractivity contribution < 1.29 is 13.2 Å². The Hall–Kier alpha value is -1.22. The summed E-state index contributed by atoms with van der Waals surface area (Å²) in [7, 11) is -3.01. The van der Waals surface area contributed by atoms with E-state index in [-0.39, 0.29) is 53.7 Å². The van der Waals surface area contributed by atoms with Gasteiger partial charge in [0, 0.05) is 29.6 Å². The molecule has 1 amide bonds. The van der Waals surface area contributed by atoms with E-state index in [1.54, 1.807) is 4.90 Å². The molecule has 2 atom stereocenters. The van der Waals surface area contributed by atoms with E-state index >= 15 is 0 Å². The Morgan fingerprint density at radius 1 is 1.22 bits per heavy atom. The Balaban J connectivity index is 1.55. The minimum absolute atomic E-state index is 0.0432. The lowest BCUT2D eigenvalue weighted by molar-refractivity contribution is -0.133. The van der Waals surface area contributed by atoms with Crippen LogP contribution in [0.4, 0.5) is 0 Å². The quantitative estimate of drug-likeness (QED) is 0.569. The van der Waals surface area contributed by atoms with Crippen LogP contribution < -0.4 is 5.56 Å². The highest BCUT2D eigenvalue weighted by molar-refractivity contribution is 9.09. The Labute approximate surface area is 198 Å². The lowest BCUT2D eigenvalue weighted by Crippen LogP contribution is -2.42. The number of unbranched alkanes of at least 4 members (excludes halogenated alkanes) is 1. The smallest absolute Gasteiger partial charge is 0.256 e. The van der Waals surface area contributed by atoms with Crippen LogP contribution in [-0.2, 0) is 21.2 Å². The first kappa shape index (κ1) is 23.9. The van der Waals surface area contributed by atoms with Gasteiger partial charge in [-0.05, 0) is 44.4 Å². The number of fused-ring (bicyclic) bond motifs is 1. The average molecular weight is 529 g/mol. The standard InChI is InChI=1S/C23H34BrN3O4S/c1-2-3-4-17-12-27(20(28)11-15-9-10-32(30,31)14-15)13-19-21(17)25-22(26-23(19)29)16-5-7-18(24)8-6-16/h15-18H,2-14H2,1H3,(H,25,26,29)/t15-,16?,17?,18?/m0/s1. The van der Waals surface area contributed by atoms with Crippen molar-refractivity contribution in [1.82, 2.24) is 14.9 Å². The number of sulfone groups is 1. The summed E-state index contributed by atoms with van der Waals surface area (Å²) in [6, 6.07) is 0. The van der Waals surface area contributed by atoms with E-state index in [4.69, 9.17) is 4.98 Å². The van der Waals surface area contributed by atoms with Gasteiger partial charge in [0.05, 0.1) is 29.3 Å². The number of aromatic amines is 1. The highest BCUT2D eigenvalue weighted by Gasteiger charge is 2.35. The third-order valence-corrected chi connectivity index (χ3v) is 10.1. The number of carbonyl (C=O) groups excluding carboxylic acids is 1. The Morgan fingerprint density at radius 3 is 2.62 bits per heavy atom. The first-order valence-corrected chi connectivity index (χ1v) is 14.7. The number of aromatic nitrogens is 2. The largest absolute Gasteiger partial charge is 0.337 e. The monoisotopic (exact) mass is 527 g/mol. The van der Waals surface area contributed by atoms with E-state index in [0.29, 0.717) is 23.4 Å². The lowest BCUT2D eigenvalue weighted by Gasteiger charge is -2.35. The molecule has 1 N–H and O–H groups in total. The van der Waals surface area contributed by atoms with Crippen LogP contribution >= 0.6 is 15.9 Å². The fourth-order valence-electron chi connectivity index (χ4n) is 5.43. The molecule has 3 heterocycles. The molecule has 178 valence electrons. The zero-order valence-corrected chi connectivity index (χ0v) is 21.2. The van der Waals surface area contributed by atoms with Crippen molar-refractivity contribution in [2.24, 2.45) is 5.92 Å². The van der Waals surface area contributed by atoms with Crippen molar-refractivity contribution in [2.45, 2.75) is 87.9 Å². The van der Waals surface area contributed by atoms with Gasteiger partial charge in [-0.2, -0.15) is 0 Å². The third-order valence-electron chi connectivity index (χ3n) is 7.33. The molecular formula is C23H34BrN3O4S. The number of hydrogen-bond donors (Lipinski definition) is 1. The zero-order chi connectivity index (χ0) is 22.9. The molecule has 1 unspecified atom stereocenters. The number of amides is 1. The summed E-state index contributed by atoms with van der Waals surface area (Å²) in [5, 5.41) is 0. The Bertz CT molecular complexity index is 1000. The summed E-state index contributed by atoms with van der Waals surface area (Å²) in [4.78, 5) is 36.5. The highest BCUT2D eigenvalue weighted by Crippen LogP contribution is 2.36. The van der Waals surface area contributed by atoms with Gasteiger partial charge < -0.3 is 9.88 Å². The third kappa shape index (κ3) is 5.46. The van der Waals surface area contributed by atoms with E-state index in [1.165, 1.54) is 0 Å². The number of H-pyrrole nitrogens is 1. The van der Waals surface area contributed by atoms with Crippen LogP contribution in [0.2, 0.25) is 0 Å². The molecule has 9 heteroatoms. The SMILES string of the molecule is CCCCC1CN(C(=O)C[C@@H]2CCS(=O)(=O)C2)Cc2c1nc(C1CCC(Br)CC1)[nH]c2=O. The fraction of sp³-hybridized carbons (Fsp3) is 0.783. The van der Waals surface area contributed by atoms with Crippen molar-refractivity contribution in [1.29, 1.82) is 0 Å². The van der Waals surface area contributed by atoms with Crippen LogP contribution in [0, 0.1) is 5.92 Å². The van der Waals surface area contributed by atoms with E-state index in [2.05, 4.69) is 27.8 Å². The molecule has 1 aromatic heterocycles. The molecule has 7 nitrogen and oxygen atoms in total. The van der Waals surface area contributed by atoms with Crippen molar-refractivity contribution >= 4 is 31.7 Å². The lowest BCUT2D eigenvalue weighted by atomic mass is 9.87. The van der Waals surface area contributed by atoms with Crippen LogP contribution in [0.5, 0.6) is 0 Å². The molecule has 1 saturated carbocycles. The van der Waals surface area contributed by atoms with Crippen LogP contribution in [0.1, 0.15) is 93.6 Å². The molecular weight excluding hydrogens is 494 g/mol. The summed E-state index contributed by atoms with van der Waals surface area (Å²) >= 11 is 3.70. The number of nitrogens with zero attached hydrogens (tertiary/aromatic N) is 2. The van der Waals surface area contributed by atoms with Crippen LogP contribution in [0.25, 0.3) is 0 Å². The van der Waals surface area contributed by atoms with Crippen LogP contribution in [0.15, 0.2) is 4.79 Å². The minimum atomic E-state index is -3.01. The van der Waals surface area contributed by atoms with Gasteiger partial charge in [0.2, 0.25) is 5.91 Å². The summed E-state index contributed by atoms with van der Waals surface area (Å²) in [5.74, 6) is 1.29. The van der Waals surface area contributed by atoms with E-state index in [1.807, 2.05) is 0 Å². The molecule has 1 saturated heterocycles. The van der Waals surface area contributed by atoms with Gasteiger partial charge in [0.1, 0.15) is 5.82 Å². The molecule has 2 fully saturated rings. The number of alkyl halides is 1. The van der Waals surface area contributed by atoms with Crippen molar-refractivity contribution in [3.05, 3.63) is 27.4 Å². The van der Waals surface area contributed by atoms with Crippen molar-refractivity contribution in [3.63, 3.8) is 0 Å². The summed E-state index contributed by atoms with van der Waals surface area (Å²) < 4.78 is 23.6. The second-order valence-corrected chi connectivity index (χ2v) is 13.4. The van der Waals surface area contributed by atoms with Gasteiger partial charge in [0.15, 0.2) is 9.84 Å². The van der Waals surface area contributed by atoms with E-state index in [9.17, 15) is 18.0 Å². The first-order chi connectivity index (χ1) is 15.3. The normalized spacial score (nSPS) is 29.6. The van der Waals surface area contributed by atoms with Gasteiger partial charge in [-0.3, -0.25) is 9.59 Å². The topological polar surface area (TPSA) is 100 Å². The van der Waals surface area contributed by atoms with Gasteiger partial charge >= 0.3 is 0 Å². The molecule has 4 rings (SSSR count). The Kier molecular flexibility index (Phi) is 7.44. The molecule has 0 bridgehead atoms. The number of halogens is 1. The Morgan fingerprint density at radius 2 is 1.97 bits per heavy atom. The molecule has 0 radical (unpaired) electrons. The summed E-state index contributed by atoms with van der Waals surface area (Å²) in [5.41, 5.74) is 1.38. The molecule has 0 aromatic carbocycles. The predicted molar refractivity (Wildman–Crippen MR) is 128 cm³/mol. The number of nitrogens with one attached hydrogen (secondary N) is 1. The maximum Gasteiger partial charge on any atom is 0.256 e. The van der Waals surface area contributed by atoms with Gasteiger partial charge in [0.25, 0.3) is 5.56 Å². The first-order valence-electron chi connectivity index (χ1n) is 12.0. The average Bonchev–Trinajstić information content (AvgIpc) is 3.10. The molecule has 2 aliphatic heterocycles. The van der Waals surface area contributed by atoms with Gasteiger partial charge in [-0.15, -0.1) is 0 Å². The number of hydrogen-bond acceptors (Lipinski definition) is 5. The molecule has 0 spiro atoms. The minimum Gasteiger partial charge on any atom is -0.337 e. The van der Waals surface area contributed by atoms with E-state index < -0.39 is 9.84 Å². The summed E-state index contributed by atoms with van der Waals surface area (Å²) in [6.07, 6.45) is 7.98. The highest BCUT2D eigenvalue weighted by atomic mass is 79.9. The van der Waals surface area contributed by atoms with Crippen molar-refractivity contribution in [2.75, 3.05) is 18.1 Å². The van der Waals surface area contributed by atoms with Crippen LogP contribution in [0.3, 0.4) is 0 Å². The number of rotatable bonds is 6. The van der Waals surface area contributed by atoms with Crippen molar-refractivity contribution in [3.8, 4) is 0 Å². The molecule has 32 heavy (non-hydrogen) atoms. The predicted octanol–water partition coefficient (Wildman–Crippen LogP) is 3.63. The van der Waals surface area contributed by atoms with Gasteiger partial charge in [-0.25, -0.2) is 13.4 Å². The maximum absolute atomic E-state index is 13.1. The van der Waals surface area contributed by atoms with Crippen LogP contribution in [-0.4, -0.2) is 52.1 Å². The molecule has 1 aromatic rings. The molecule has 3 aliphatic rings. The zero-order valence-electron chi connectivity index (χ0n) is 18.8.